The summed E-state index contributed by atoms with van der Waals surface area (Å²) in [6, 6.07) is 15.9. The highest BCUT2D eigenvalue weighted by molar-refractivity contribution is 7.92. The second kappa shape index (κ2) is 10.4. The van der Waals surface area contributed by atoms with Gasteiger partial charge in [-0.15, -0.1) is 0 Å². The van der Waals surface area contributed by atoms with Gasteiger partial charge in [0.2, 0.25) is 10.0 Å². The molecule has 0 bridgehead atoms. The first-order chi connectivity index (χ1) is 17.4. The molecule has 11 heteroatoms. The van der Waals surface area contributed by atoms with Gasteiger partial charge in [-0.2, -0.15) is 4.31 Å². The molecular formula is C26H28ClN3O5S2. The number of benzene rings is 3. The van der Waals surface area contributed by atoms with E-state index < -0.39 is 26.0 Å². The van der Waals surface area contributed by atoms with Crippen LogP contribution in [0.25, 0.3) is 0 Å². The highest BCUT2D eigenvalue weighted by Crippen LogP contribution is 2.27. The molecule has 4 rings (SSSR count). The predicted octanol–water partition coefficient (Wildman–Crippen LogP) is 4.21. The number of nitrogens with zero attached hydrogens (tertiary/aromatic N) is 2. The molecular weight excluding hydrogens is 534 g/mol. The summed E-state index contributed by atoms with van der Waals surface area (Å²) in [5, 5.41) is -0.0121. The van der Waals surface area contributed by atoms with Crippen LogP contribution in [0.4, 0.5) is 5.69 Å². The van der Waals surface area contributed by atoms with Crippen LogP contribution in [0.2, 0.25) is 5.02 Å². The molecule has 0 aromatic heterocycles. The van der Waals surface area contributed by atoms with Crippen LogP contribution < -0.4 is 4.72 Å². The molecule has 1 saturated heterocycles. The number of aryl methyl sites for hydroxylation is 3. The highest BCUT2D eigenvalue weighted by atomic mass is 35.5. The maximum Gasteiger partial charge on any atom is 0.263 e. The van der Waals surface area contributed by atoms with Crippen LogP contribution in [-0.4, -0.2) is 58.1 Å². The summed E-state index contributed by atoms with van der Waals surface area (Å²) < 4.78 is 56.0. The van der Waals surface area contributed by atoms with Gasteiger partial charge in [0.1, 0.15) is 4.90 Å². The predicted molar refractivity (Wildman–Crippen MR) is 144 cm³/mol. The second-order valence-corrected chi connectivity index (χ2v) is 13.1. The third-order valence-corrected chi connectivity index (χ3v) is 10.2. The molecule has 1 N–H and O–H groups in total. The van der Waals surface area contributed by atoms with Crippen molar-refractivity contribution in [2.45, 2.75) is 30.6 Å². The van der Waals surface area contributed by atoms with Crippen molar-refractivity contribution < 1.29 is 21.6 Å². The Kier molecular flexibility index (Phi) is 7.66. The number of amides is 1. The number of anilines is 1. The summed E-state index contributed by atoms with van der Waals surface area (Å²) in [6.45, 7) is 6.31. The van der Waals surface area contributed by atoms with Crippen molar-refractivity contribution in [1.82, 2.24) is 9.21 Å². The van der Waals surface area contributed by atoms with E-state index in [2.05, 4.69) is 4.72 Å². The van der Waals surface area contributed by atoms with Gasteiger partial charge >= 0.3 is 0 Å². The normalized spacial score (nSPS) is 15.0. The molecule has 1 heterocycles. The van der Waals surface area contributed by atoms with Gasteiger partial charge < -0.3 is 4.90 Å². The van der Waals surface area contributed by atoms with Gasteiger partial charge in [-0.1, -0.05) is 35.4 Å². The molecule has 0 saturated carbocycles. The minimum Gasteiger partial charge on any atom is -0.336 e. The number of carbonyl (C=O) groups excluding carboxylic acids is 1. The maximum atomic E-state index is 13.2. The van der Waals surface area contributed by atoms with Crippen LogP contribution in [0.1, 0.15) is 27.0 Å². The lowest BCUT2D eigenvalue weighted by Crippen LogP contribution is -2.50. The highest BCUT2D eigenvalue weighted by Gasteiger charge is 2.31. The largest absolute Gasteiger partial charge is 0.336 e. The molecule has 3 aromatic carbocycles. The summed E-state index contributed by atoms with van der Waals surface area (Å²) in [6.07, 6.45) is 0. The maximum absolute atomic E-state index is 13.2. The number of piperazine rings is 1. The van der Waals surface area contributed by atoms with E-state index >= 15 is 0 Å². The minimum atomic E-state index is -4.06. The fraction of sp³-hybridized carbons (Fsp3) is 0.269. The van der Waals surface area contributed by atoms with Crippen molar-refractivity contribution in [3.63, 3.8) is 0 Å². The second-order valence-electron chi connectivity index (χ2n) is 9.06. The van der Waals surface area contributed by atoms with E-state index in [0.717, 1.165) is 16.7 Å². The van der Waals surface area contributed by atoms with E-state index in [9.17, 15) is 21.6 Å². The van der Waals surface area contributed by atoms with Crippen molar-refractivity contribution in [3.05, 3.63) is 87.9 Å². The molecule has 8 nitrogen and oxygen atoms in total. The van der Waals surface area contributed by atoms with E-state index in [-0.39, 0.29) is 46.6 Å². The van der Waals surface area contributed by atoms with Gasteiger partial charge in [0.05, 0.1) is 9.92 Å². The molecule has 0 radical (unpaired) electrons. The number of hydrogen-bond acceptors (Lipinski definition) is 5. The van der Waals surface area contributed by atoms with Gasteiger partial charge in [0.15, 0.2) is 0 Å². The fourth-order valence-electron chi connectivity index (χ4n) is 4.03. The molecule has 0 spiro atoms. The van der Waals surface area contributed by atoms with Gasteiger partial charge in [-0.05, 0) is 74.4 Å². The van der Waals surface area contributed by atoms with Gasteiger partial charge in [-0.3, -0.25) is 9.52 Å². The van der Waals surface area contributed by atoms with E-state index in [1.165, 1.54) is 27.4 Å². The first-order valence-electron chi connectivity index (χ1n) is 11.6. The zero-order chi connectivity index (χ0) is 27.0. The monoisotopic (exact) mass is 561 g/mol. The van der Waals surface area contributed by atoms with E-state index in [0.29, 0.717) is 5.69 Å². The molecule has 196 valence electrons. The SMILES string of the molecule is Cc1ccc(S(=O)(=O)N2CCN(C(=O)c3ccc(Cl)c(S(=O)(=O)Nc4ccc(C)c(C)c4)c3)CC2)cc1. The molecule has 3 aromatic rings. The zero-order valence-corrected chi connectivity index (χ0v) is 23.1. The molecule has 1 aliphatic heterocycles. The van der Waals surface area contributed by atoms with Crippen LogP contribution in [0.3, 0.4) is 0 Å². The van der Waals surface area contributed by atoms with Crippen LogP contribution in [0.15, 0.2) is 70.5 Å². The van der Waals surface area contributed by atoms with Crippen LogP contribution >= 0.6 is 11.6 Å². The lowest BCUT2D eigenvalue weighted by molar-refractivity contribution is 0.0697. The Morgan fingerprint density at radius 1 is 0.811 bits per heavy atom. The minimum absolute atomic E-state index is 0.0121. The van der Waals surface area contributed by atoms with Crippen molar-refractivity contribution in [2.24, 2.45) is 0 Å². The average molecular weight is 562 g/mol. The Morgan fingerprint density at radius 2 is 1.46 bits per heavy atom. The number of halogens is 1. The first kappa shape index (κ1) is 27.1. The number of rotatable bonds is 6. The quantitative estimate of drug-likeness (QED) is 0.485. The van der Waals surface area contributed by atoms with E-state index in [1.54, 1.807) is 36.4 Å². The standard InChI is InChI=1S/C26H28ClN3O5S2/c1-18-4-9-23(10-5-18)37(34,35)30-14-12-29(13-15-30)26(31)21-7-11-24(27)25(17-21)36(32,33)28-22-8-6-19(2)20(3)16-22/h4-11,16-17,28H,12-15H2,1-3H3. The number of hydrogen-bond donors (Lipinski definition) is 1. The summed E-state index contributed by atoms with van der Waals surface area (Å²) in [7, 11) is -7.73. The van der Waals surface area contributed by atoms with Crippen LogP contribution in [0, 0.1) is 20.8 Å². The molecule has 1 amide bonds. The Morgan fingerprint density at radius 3 is 2.08 bits per heavy atom. The Bertz CT molecular complexity index is 1550. The van der Waals surface area contributed by atoms with Crippen LogP contribution in [0.5, 0.6) is 0 Å². The molecule has 0 aliphatic carbocycles. The first-order valence-corrected chi connectivity index (χ1v) is 14.9. The average Bonchev–Trinajstić information content (AvgIpc) is 2.86. The molecule has 0 unspecified atom stereocenters. The summed E-state index contributed by atoms with van der Waals surface area (Å²) in [4.78, 5) is 14.7. The third-order valence-electron chi connectivity index (χ3n) is 6.41. The summed E-state index contributed by atoms with van der Waals surface area (Å²) in [5.74, 6) is -0.397. The Balaban J connectivity index is 1.49. The number of nitrogens with one attached hydrogen (secondary N) is 1. The third kappa shape index (κ3) is 5.82. The molecule has 1 fully saturated rings. The van der Waals surface area contributed by atoms with Crippen molar-refractivity contribution in [3.8, 4) is 0 Å². The molecule has 0 atom stereocenters. The molecule has 37 heavy (non-hydrogen) atoms. The van der Waals surface area contributed by atoms with Crippen molar-refractivity contribution in [1.29, 1.82) is 0 Å². The lowest BCUT2D eigenvalue weighted by Gasteiger charge is -2.34. The number of carbonyl (C=O) groups is 1. The summed E-state index contributed by atoms with van der Waals surface area (Å²) in [5.41, 5.74) is 3.46. The lowest BCUT2D eigenvalue weighted by atomic mass is 10.1. The van der Waals surface area contributed by atoms with Crippen LogP contribution in [-0.2, 0) is 20.0 Å². The fourth-order valence-corrected chi connectivity index (χ4v) is 7.03. The van der Waals surface area contributed by atoms with Gasteiger partial charge in [0.25, 0.3) is 15.9 Å². The van der Waals surface area contributed by atoms with E-state index in [1.807, 2.05) is 26.8 Å². The van der Waals surface area contributed by atoms with E-state index in [4.69, 9.17) is 11.6 Å². The smallest absolute Gasteiger partial charge is 0.263 e. The summed E-state index contributed by atoms with van der Waals surface area (Å²) >= 11 is 6.21. The molecule has 1 aliphatic rings. The zero-order valence-electron chi connectivity index (χ0n) is 20.7. The Labute approximate surface area is 223 Å². The van der Waals surface area contributed by atoms with Gasteiger partial charge in [0, 0.05) is 37.4 Å². The van der Waals surface area contributed by atoms with Gasteiger partial charge in [-0.25, -0.2) is 16.8 Å². The Hall–Kier alpha value is -2.92. The van der Waals surface area contributed by atoms with Crippen molar-refractivity contribution >= 4 is 43.2 Å². The number of sulfonamides is 2. The topological polar surface area (TPSA) is 104 Å². The van der Waals surface area contributed by atoms with Crippen molar-refractivity contribution in [2.75, 3.05) is 30.9 Å².